The first-order chi connectivity index (χ1) is 13.2. The van der Waals surface area contributed by atoms with E-state index in [0.717, 1.165) is 60.3 Å². The lowest BCUT2D eigenvalue weighted by Gasteiger charge is -2.19. The van der Waals surface area contributed by atoms with Crippen LogP contribution in [0.2, 0.25) is 0 Å². The van der Waals surface area contributed by atoms with Crippen molar-refractivity contribution in [2.75, 3.05) is 25.5 Å². The van der Waals surface area contributed by atoms with Gasteiger partial charge >= 0.3 is 0 Å². The molecule has 3 rings (SSSR count). The zero-order chi connectivity index (χ0) is 19.1. The third kappa shape index (κ3) is 4.97. The molecule has 1 aromatic carbocycles. The molecule has 1 aliphatic rings. The molecule has 0 saturated heterocycles. The lowest BCUT2D eigenvalue weighted by molar-refractivity contribution is -0.118. The maximum absolute atomic E-state index is 12.0. The van der Waals surface area contributed by atoms with Crippen LogP contribution in [0.15, 0.2) is 29.6 Å². The molecule has 27 heavy (non-hydrogen) atoms. The number of thioether (sulfide) groups is 1. The predicted molar refractivity (Wildman–Crippen MR) is 108 cm³/mol. The SMILES string of the molecule is CCCCCNC(=O)CSc1ncc(-c2ccc3c(c2)OCCO3)n1CC. The van der Waals surface area contributed by atoms with Crippen LogP contribution < -0.4 is 14.8 Å². The zero-order valence-electron chi connectivity index (χ0n) is 16.0. The van der Waals surface area contributed by atoms with Crippen LogP contribution in [0.1, 0.15) is 33.1 Å². The van der Waals surface area contributed by atoms with E-state index in [1.54, 1.807) is 0 Å². The first kappa shape index (κ1) is 19.6. The Hall–Kier alpha value is -2.15. The topological polar surface area (TPSA) is 65.4 Å². The third-order valence-electron chi connectivity index (χ3n) is 4.41. The van der Waals surface area contributed by atoms with E-state index < -0.39 is 0 Å². The van der Waals surface area contributed by atoms with Crippen LogP contribution in [0.3, 0.4) is 0 Å². The Bertz CT molecular complexity index is 776. The number of nitrogens with zero attached hydrogens (tertiary/aromatic N) is 2. The van der Waals surface area contributed by atoms with Gasteiger partial charge in [-0.25, -0.2) is 4.98 Å². The Kier molecular flexibility index (Phi) is 7.04. The number of hydrogen-bond acceptors (Lipinski definition) is 5. The van der Waals surface area contributed by atoms with Crippen molar-refractivity contribution in [2.24, 2.45) is 0 Å². The highest BCUT2D eigenvalue weighted by Gasteiger charge is 2.16. The van der Waals surface area contributed by atoms with Crippen LogP contribution in [-0.2, 0) is 11.3 Å². The molecule has 0 bridgehead atoms. The highest BCUT2D eigenvalue weighted by atomic mass is 32.2. The maximum Gasteiger partial charge on any atom is 0.230 e. The number of rotatable bonds is 9. The number of ether oxygens (including phenoxy) is 2. The molecule has 1 aliphatic heterocycles. The molecule has 2 aromatic rings. The van der Waals surface area contributed by atoms with Crippen molar-refractivity contribution < 1.29 is 14.3 Å². The van der Waals surface area contributed by atoms with E-state index in [4.69, 9.17) is 9.47 Å². The minimum Gasteiger partial charge on any atom is -0.486 e. The van der Waals surface area contributed by atoms with Gasteiger partial charge in [-0.1, -0.05) is 31.5 Å². The normalized spacial score (nSPS) is 12.8. The fourth-order valence-electron chi connectivity index (χ4n) is 3.00. The van der Waals surface area contributed by atoms with E-state index in [1.165, 1.54) is 11.8 Å². The van der Waals surface area contributed by atoms with Gasteiger partial charge in [0.25, 0.3) is 0 Å². The summed E-state index contributed by atoms with van der Waals surface area (Å²) in [5.74, 6) is 1.98. The minimum atomic E-state index is 0.0580. The molecular formula is C20H27N3O3S. The molecular weight excluding hydrogens is 362 g/mol. The molecule has 6 nitrogen and oxygen atoms in total. The number of nitrogens with one attached hydrogen (secondary N) is 1. The van der Waals surface area contributed by atoms with E-state index in [-0.39, 0.29) is 5.91 Å². The second-order valence-corrected chi connectivity index (χ2v) is 7.32. The molecule has 0 saturated carbocycles. The first-order valence-electron chi connectivity index (χ1n) is 9.58. The third-order valence-corrected chi connectivity index (χ3v) is 5.40. The number of fused-ring (bicyclic) bond motifs is 1. The molecule has 0 radical (unpaired) electrons. The van der Waals surface area contributed by atoms with E-state index in [1.807, 2.05) is 24.4 Å². The molecule has 0 fully saturated rings. The average molecular weight is 390 g/mol. The highest BCUT2D eigenvalue weighted by Crippen LogP contribution is 2.35. The Labute approximate surface area is 164 Å². The molecule has 1 N–H and O–H groups in total. The molecule has 0 spiro atoms. The Morgan fingerprint density at radius 1 is 1.22 bits per heavy atom. The summed E-state index contributed by atoms with van der Waals surface area (Å²) in [5.41, 5.74) is 2.05. The summed E-state index contributed by atoms with van der Waals surface area (Å²) >= 11 is 1.47. The number of aromatic nitrogens is 2. The number of imidazole rings is 1. The molecule has 1 aromatic heterocycles. The molecule has 1 amide bonds. The van der Waals surface area contributed by atoms with Crippen molar-refractivity contribution in [2.45, 2.75) is 44.8 Å². The van der Waals surface area contributed by atoms with Crippen molar-refractivity contribution in [3.63, 3.8) is 0 Å². The summed E-state index contributed by atoms with van der Waals surface area (Å²) < 4.78 is 13.4. The van der Waals surface area contributed by atoms with Gasteiger partial charge in [0.2, 0.25) is 5.91 Å². The van der Waals surface area contributed by atoms with Crippen molar-refractivity contribution in [1.29, 1.82) is 0 Å². The number of unbranched alkanes of at least 4 members (excludes halogenated alkanes) is 2. The van der Waals surface area contributed by atoms with E-state index in [0.29, 0.717) is 19.0 Å². The monoisotopic (exact) mass is 389 g/mol. The Balaban J connectivity index is 1.65. The van der Waals surface area contributed by atoms with Crippen molar-refractivity contribution in [3.8, 4) is 22.8 Å². The molecule has 0 unspecified atom stereocenters. The second kappa shape index (κ2) is 9.69. The van der Waals surface area contributed by atoms with Gasteiger partial charge in [0, 0.05) is 18.7 Å². The number of amides is 1. The van der Waals surface area contributed by atoms with Crippen LogP contribution >= 0.6 is 11.8 Å². The quantitative estimate of drug-likeness (QED) is 0.523. The Morgan fingerprint density at radius 3 is 2.81 bits per heavy atom. The summed E-state index contributed by atoms with van der Waals surface area (Å²) in [6.07, 6.45) is 5.19. The number of carbonyl (C=O) groups is 1. The minimum absolute atomic E-state index is 0.0580. The van der Waals surface area contributed by atoms with E-state index in [9.17, 15) is 4.79 Å². The molecule has 2 heterocycles. The second-order valence-electron chi connectivity index (χ2n) is 6.37. The van der Waals surface area contributed by atoms with Crippen molar-refractivity contribution in [3.05, 3.63) is 24.4 Å². The first-order valence-corrected chi connectivity index (χ1v) is 10.6. The summed E-state index contributed by atoms with van der Waals surface area (Å²) in [5, 5.41) is 3.82. The summed E-state index contributed by atoms with van der Waals surface area (Å²) in [4.78, 5) is 16.5. The predicted octanol–water partition coefficient (Wildman–Crippen LogP) is 3.74. The smallest absolute Gasteiger partial charge is 0.230 e. The summed E-state index contributed by atoms with van der Waals surface area (Å²) in [6.45, 7) is 6.92. The van der Waals surface area contributed by atoms with Crippen LogP contribution in [0.5, 0.6) is 11.5 Å². The van der Waals surface area contributed by atoms with Gasteiger partial charge in [0.15, 0.2) is 16.7 Å². The van der Waals surface area contributed by atoms with Crippen molar-refractivity contribution >= 4 is 17.7 Å². The van der Waals surface area contributed by atoms with Gasteiger partial charge < -0.3 is 19.4 Å². The lowest BCUT2D eigenvalue weighted by Crippen LogP contribution is -2.26. The van der Waals surface area contributed by atoms with Gasteiger partial charge in [-0.15, -0.1) is 0 Å². The van der Waals surface area contributed by atoms with Crippen LogP contribution in [-0.4, -0.2) is 41.0 Å². The largest absolute Gasteiger partial charge is 0.486 e. The molecule has 0 aliphatic carbocycles. The van der Waals surface area contributed by atoms with E-state index in [2.05, 4.69) is 28.7 Å². The standard InChI is InChI=1S/C20H27N3O3S/c1-3-5-6-9-21-19(24)14-27-20-22-13-16(23(20)4-2)15-7-8-17-18(12-15)26-11-10-25-17/h7-8,12-13H,3-6,9-11,14H2,1-2H3,(H,21,24). The molecule has 146 valence electrons. The maximum atomic E-state index is 12.0. The van der Waals surface area contributed by atoms with Gasteiger partial charge in [-0.2, -0.15) is 0 Å². The number of benzene rings is 1. The van der Waals surface area contributed by atoms with Crippen molar-refractivity contribution in [1.82, 2.24) is 14.9 Å². The number of carbonyl (C=O) groups excluding carboxylic acids is 1. The molecule has 7 heteroatoms. The average Bonchev–Trinajstić information content (AvgIpc) is 3.12. The van der Waals surface area contributed by atoms with Crippen LogP contribution in [0.25, 0.3) is 11.3 Å². The highest BCUT2D eigenvalue weighted by molar-refractivity contribution is 7.99. The fraction of sp³-hybridized carbons (Fsp3) is 0.500. The number of hydrogen-bond donors (Lipinski definition) is 1. The lowest BCUT2D eigenvalue weighted by atomic mass is 10.1. The van der Waals surface area contributed by atoms with Gasteiger partial charge in [0.1, 0.15) is 13.2 Å². The summed E-state index contributed by atoms with van der Waals surface area (Å²) in [6, 6.07) is 5.95. The van der Waals surface area contributed by atoms with Gasteiger partial charge in [-0.3, -0.25) is 4.79 Å². The summed E-state index contributed by atoms with van der Waals surface area (Å²) in [7, 11) is 0. The van der Waals surface area contributed by atoms with Crippen LogP contribution in [0.4, 0.5) is 0 Å². The fourth-order valence-corrected chi connectivity index (χ4v) is 3.87. The zero-order valence-corrected chi connectivity index (χ0v) is 16.8. The van der Waals surface area contributed by atoms with Gasteiger partial charge in [0.05, 0.1) is 17.6 Å². The van der Waals surface area contributed by atoms with Gasteiger partial charge in [-0.05, 0) is 31.5 Å². The van der Waals surface area contributed by atoms with E-state index >= 15 is 0 Å². The molecule has 0 atom stereocenters. The van der Waals surface area contributed by atoms with Crippen LogP contribution in [0, 0.1) is 0 Å². The Morgan fingerprint density at radius 2 is 2.04 bits per heavy atom.